The molecule has 1 aliphatic carbocycles. The van der Waals surface area contributed by atoms with E-state index in [-0.39, 0.29) is 17.2 Å². The molecule has 3 heteroatoms. The largest absolute Gasteiger partial charge is 0.354 e. The summed E-state index contributed by atoms with van der Waals surface area (Å²) in [6.45, 7) is 7.02. The van der Waals surface area contributed by atoms with Gasteiger partial charge in [-0.2, -0.15) is 0 Å². The van der Waals surface area contributed by atoms with Crippen LogP contribution in [0.2, 0.25) is 0 Å². The number of nitrogens with two attached hydrogens (primary N) is 1. The summed E-state index contributed by atoms with van der Waals surface area (Å²) in [4.78, 5) is 12.1. The summed E-state index contributed by atoms with van der Waals surface area (Å²) in [6.07, 6.45) is 2.99. The van der Waals surface area contributed by atoms with Crippen LogP contribution in [-0.2, 0) is 17.6 Å². The number of carbonyl (C=O) groups is 1. The zero-order chi connectivity index (χ0) is 14.8. The molecule has 0 saturated carbocycles. The van der Waals surface area contributed by atoms with Gasteiger partial charge in [0.15, 0.2) is 0 Å². The Labute approximate surface area is 121 Å². The van der Waals surface area contributed by atoms with Crippen molar-refractivity contribution in [1.29, 1.82) is 0 Å². The molecule has 0 saturated heterocycles. The normalized spacial score (nSPS) is 19.2. The predicted octanol–water partition coefficient (Wildman–Crippen LogP) is 2.28. The van der Waals surface area contributed by atoms with Gasteiger partial charge in [0.25, 0.3) is 0 Å². The van der Waals surface area contributed by atoms with E-state index in [1.807, 2.05) is 6.92 Å². The lowest BCUT2D eigenvalue weighted by atomic mass is 9.87. The minimum absolute atomic E-state index is 0.0171. The van der Waals surface area contributed by atoms with Crippen LogP contribution >= 0.6 is 0 Å². The molecule has 0 aliphatic heterocycles. The molecule has 0 aromatic heterocycles. The Morgan fingerprint density at radius 1 is 1.35 bits per heavy atom. The van der Waals surface area contributed by atoms with Crippen LogP contribution in [0.4, 0.5) is 0 Å². The van der Waals surface area contributed by atoms with Crippen LogP contribution in [0, 0.1) is 11.3 Å². The maximum atomic E-state index is 12.1. The fraction of sp³-hybridized carbons (Fsp3) is 0.588. The van der Waals surface area contributed by atoms with E-state index in [2.05, 4.69) is 43.4 Å². The van der Waals surface area contributed by atoms with Gasteiger partial charge in [0.05, 0.1) is 6.04 Å². The van der Waals surface area contributed by atoms with Gasteiger partial charge < -0.3 is 11.1 Å². The monoisotopic (exact) mass is 274 g/mol. The van der Waals surface area contributed by atoms with Crippen molar-refractivity contribution < 1.29 is 4.79 Å². The average molecular weight is 274 g/mol. The molecule has 3 N–H and O–H groups in total. The van der Waals surface area contributed by atoms with E-state index >= 15 is 0 Å². The summed E-state index contributed by atoms with van der Waals surface area (Å²) in [5, 5.41) is 3.05. The maximum Gasteiger partial charge on any atom is 0.237 e. The van der Waals surface area contributed by atoms with Crippen molar-refractivity contribution in [2.45, 2.75) is 46.1 Å². The zero-order valence-electron chi connectivity index (χ0n) is 12.8. The summed E-state index contributed by atoms with van der Waals surface area (Å²) in [5.41, 5.74) is 8.92. The summed E-state index contributed by atoms with van der Waals surface area (Å²) >= 11 is 0. The van der Waals surface area contributed by atoms with Crippen LogP contribution < -0.4 is 11.1 Å². The Hall–Kier alpha value is -1.35. The highest BCUT2D eigenvalue weighted by atomic mass is 16.2. The number of hydrogen-bond acceptors (Lipinski definition) is 2. The molecule has 0 spiro atoms. The fourth-order valence-electron chi connectivity index (χ4n) is 2.94. The second kappa shape index (κ2) is 5.96. The van der Waals surface area contributed by atoms with Crippen molar-refractivity contribution in [3.8, 4) is 0 Å². The van der Waals surface area contributed by atoms with Crippen molar-refractivity contribution in [1.82, 2.24) is 5.32 Å². The number of carbonyl (C=O) groups excluding carboxylic acids is 1. The molecule has 2 atom stereocenters. The SMILES string of the molecule is CCC(C)C(N)C(=O)NCC1(C)Cc2ccccc2C1. The highest BCUT2D eigenvalue weighted by Gasteiger charge is 2.33. The van der Waals surface area contributed by atoms with Crippen molar-refractivity contribution in [2.24, 2.45) is 17.1 Å². The minimum atomic E-state index is -0.396. The molecule has 1 aromatic rings. The van der Waals surface area contributed by atoms with Crippen molar-refractivity contribution in [3.63, 3.8) is 0 Å². The van der Waals surface area contributed by atoms with Gasteiger partial charge in [0.2, 0.25) is 5.91 Å². The van der Waals surface area contributed by atoms with Gasteiger partial charge in [-0.3, -0.25) is 4.79 Å². The van der Waals surface area contributed by atoms with Crippen LogP contribution in [0.15, 0.2) is 24.3 Å². The van der Waals surface area contributed by atoms with E-state index < -0.39 is 6.04 Å². The molecule has 2 unspecified atom stereocenters. The van der Waals surface area contributed by atoms with E-state index in [0.717, 1.165) is 19.3 Å². The molecule has 1 amide bonds. The van der Waals surface area contributed by atoms with Gasteiger partial charge in [-0.1, -0.05) is 51.5 Å². The van der Waals surface area contributed by atoms with Gasteiger partial charge in [0, 0.05) is 6.54 Å². The number of nitrogens with one attached hydrogen (secondary N) is 1. The Bertz CT molecular complexity index is 459. The highest BCUT2D eigenvalue weighted by molar-refractivity contribution is 5.81. The van der Waals surface area contributed by atoms with Gasteiger partial charge in [-0.05, 0) is 35.3 Å². The third-order valence-electron chi connectivity index (χ3n) is 4.60. The molecule has 2 rings (SSSR count). The van der Waals surface area contributed by atoms with E-state index in [1.165, 1.54) is 11.1 Å². The minimum Gasteiger partial charge on any atom is -0.354 e. The quantitative estimate of drug-likeness (QED) is 0.865. The third-order valence-corrected chi connectivity index (χ3v) is 4.60. The maximum absolute atomic E-state index is 12.1. The third kappa shape index (κ3) is 3.21. The highest BCUT2D eigenvalue weighted by Crippen LogP contribution is 2.35. The smallest absolute Gasteiger partial charge is 0.237 e. The second-order valence-electron chi connectivity index (χ2n) is 6.56. The molecular formula is C17H26N2O. The van der Waals surface area contributed by atoms with Crippen LogP contribution in [0.3, 0.4) is 0 Å². The second-order valence-corrected chi connectivity index (χ2v) is 6.56. The first-order valence-electron chi connectivity index (χ1n) is 7.55. The van der Waals surface area contributed by atoms with Crippen molar-refractivity contribution in [3.05, 3.63) is 35.4 Å². The molecular weight excluding hydrogens is 248 g/mol. The number of amides is 1. The molecule has 1 aromatic carbocycles. The molecule has 110 valence electrons. The van der Waals surface area contributed by atoms with E-state index in [0.29, 0.717) is 6.54 Å². The van der Waals surface area contributed by atoms with Crippen LogP contribution in [0.25, 0.3) is 0 Å². The first kappa shape index (κ1) is 15.0. The van der Waals surface area contributed by atoms with Crippen molar-refractivity contribution >= 4 is 5.91 Å². The summed E-state index contributed by atoms with van der Waals surface area (Å²) < 4.78 is 0. The summed E-state index contributed by atoms with van der Waals surface area (Å²) in [5.74, 6) is 0.208. The van der Waals surface area contributed by atoms with Crippen molar-refractivity contribution in [2.75, 3.05) is 6.54 Å². The number of benzene rings is 1. The molecule has 0 bridgehead atoms. The molecule has 1 aliphatic rings. The topological polar surface area (TPSA) is 55.1 Å². The van der Waals surface area contributed by atoms with Crippen LogP contribution in [-0.4, -0.2) is 18.5 Å². The Morgan fingerprint density at radius 3 is 2.40 bits per heavy atom. The first-order chi connectivity index (χ1) is 9.45. The summed E-state index contributed by atoms with van der Waals surface area (Å²) in [6, 6.07) is 8.15. The number of fused-ring (bicyclic) bond motifs is 1. The average Bonchev–Trinajstić information content (AvgIpc) is 2.79. The van der Waals surface area contributed by atoms with Gasteiger partial charge in [0.1, 0.15) is 0 Å². The Morgan fingerprint density at radius 2 is 1.90 bits per heavy atom. The van der Waals surface area contributed by atoms with Crippen LogP contribution in [0.5, 0.6) is 0 Å². The van der Waals surface area contributed by atoms with Gasteiger partial charge in [-0.15, -0.1) is 0 Å². The number of rotatable bonds is 5. The molecule has 20 heavy (non-hydrogen) atoms. The van der Waals surface area contributed by atoms with E-state index in [4.69, 9.17) is 5.73 Å². The zero-order valence-corrected chi connectivity index (χ0v) is 12.8. The lowest BCUT2D eigenvalue weighted by Gasteiger charge is -2.26. The van der Waals surface area contributed by atoms with Crippen LogP contribution in [0.1, 0.15) is 38.3 Å². The van der Waals surface area contributed by atoms with E-state index in [1.54, 1.807) is 0 Å². The molecule has 3 nitrogen and oxygen atoms in total. The molecule has 0 heterocycles. The Balaban J connectivity index is 1.91. The lowest BCUT2D eigenvalue weighted by Crippen LogP contribution is -2.47. The molecule has 0 fully saturated rings. The fourth-order valence-corrected chi connectivity index (χ4v) is 2.94. The standard InChI is InChI=1S/C17H26N2O/c1-4-12(2)15(18)16(20)19-11-17(3)9-13-7-5-6-8-14(13)10-17/h5-8,12,15H,4,9-11,18H2,1-3H3,(H,19,20). The van der Waals surface area contributed by atoms with E-state index in [9.17, 15) is 4.79 Å². The Kier molecular flexibility index (Phi) is 4.48. The molecule has 0 radical (unpaired) electrons. The van der Waals surface area contributed by atoms with Gasteiger partial charge in [-0.25, -0.2) is 0 Å². The van der Waals surface area contributed by atoms with Gasteiger partial charge >= 0.3 is 0 Å². The first-order valence-corrected chi connectivity index (χ1v) is 7.55. The number of hydrogen-bond donors (Lipinski definition) is 2. The summed E-state index contributed by atoms with van der Waals surface area (Å²) in [7, 11) is 0. The predicted molar refractivity (Wildman–Crippen MR) is 82.4 cm³/mol. The lowest BCUT2D eigenvalue weighted by molar-refractivity contribution is -0.123.